The molecule has 0 bridgehead atoms. The Morgan fingerprint density at radius 3 is 2.83 bits per heavy atom. The van der Waals surface area contributed by atoms with E-state index in [2.05, 4.69) is 51.0 Å². The molecule has 5 nitrogen and oxygen atoms in total. The van der Waals surface area contributed by atoms with Gasteiger partial charge in [0.2, 0.25) is 5.91 Å². The number of aromatic amines is 1. The number of hydrogen-bond donors (Lipinski definition) is 4. The fourth-order valence-corrected chi connectivity index (χ4v) is 5.26. The van der Waals surface area contributed by atoms with E-state index in [1.807, 2.05) is 36.5 Å². The second kappa shape index (κ2) is 8.86. The van der Waals surface area contributed by atoms with E-state index in [0.29, 0.717) is 5.75 Å². The number of carbonyl (C=O) groups excluding carboxylic acids is 1. The van der Waals surface area contributed by atoms with E-state index < -0.39 is 12.0 Å². The first kappa shape index (κ1) is 21.0. The third-order valence-electron chi connectivity index (χ3n) is 5.96. The fourth-order valence-electron chi connectivity index (χ4n) is 4.43. The van der Waals surface area contributed by atoms with Gasteiger partial charge in [-0.05, 0) is 53.6 Å². The Morgan fingerprint density at radius 1 is 1.27 bits per heavy atom. The molecule has 1 aliphatic carbocycles. The first-order valence-corrected chi connectivity index (χ1v) is 11.4. The van der Waals surface area contributed by atoms with Gasteiger partial charge >= 0.3 is 5.97 Å². The van der Waals surface area contributed by atoms with E-state index >= 15 is 0 Å². The minimum atomic E-state index is -1.04. The number of rotatable bonds is 7. The number of H-pyrrole nitrogens is 1. The molecule has 3 atom stereocenters. The number of carboxylic acids is 1. The van der Waals surface area contributed by atoms with Crippen LogP contribution in [0.15, 0.2) is 53.1 Å². The Bertz CT molecular complexity index is 1100. The number of carbonyl (C=O) groups is 2. The Balaban J connectivity index is 1.52. The summed E-state index contributed by atoms with van der Waals surface area (Å²) in [5.41, 5.74) is 4.22. The molecule has 7 heteroatoms. The summed E-state index contributed by atoms with van der Waals surface area (Å²) in [4.78, 5) is 28.2. The van der Waals surface area contributed by atoms with Crippen molar-refractivity contribution in [1.82, 2.24) is 10.3 Å². The zero-order valence-electron chi connectivity index (χ0n) is 16.3. The average molecular weight is 487 g/mol. The highest BCUT2D eigenvalue weighted by molar-refractivity contribution is 9.10. The molecule has 1 heterocycles. The van der Waals surface area contributed by atoms with Crippen molar-refractivity contribution in [3.05, 3.63) is 69.8 Å². The molecule has 0 radical (unpaired) electrons. The minimum absolute atomic E-state index is 0.0492. The molecule has 0 saturated heterocycles. The maximum atomic E-state index is 13.1. The number of para-hydroxylation sites is 1. The van der Waals surface area contributed by atoms with Crippen molar-refractivity contribution >= 4 is 51.3 Å². The Morgan fingerprint density at radius 2 is 2.07 bits per heavy atom. The van der Waals surface area contributed by atoms with Crippen LogP contribution in [-0.2, 0) is 22.4 Å². The molecular formula is C23H23BrN2O3S. The van der Waals surface area contributed by atoms with Crippen LogP contribution in [0.1, 0.15) is 29.0 Å². The third kappa shape index (κ3) is 4.14. The van der Waals surface area contributed by atoms with Gasteiger partial charge in [-0.1, -0.05) is 40.2 Å². The van der Waals surface area contributed by atoms with E-state index in [1.165, 1.54) is 5.56 Å². The van der Waals surface area contributed by atoms with Gasteiger partial charge in [0.15, 0.2) is 0 Å². The lowest BCUT2D eigenvalue weighted by atomic mass is 9.87. The van der Waals surface area contributed by atoms with Crippen LogP contribution in [-0.4, -0.2) is 33.8 Å². The quantitative estimate of drug-likeness (QED) is 0.375. The van der Waals surface area contributed by atoms with Crippen LogP contribution in [0, 0.1) is 5.92 Å². The van der Waals surface area contributed by atoms with Gasteiger partial charge in [-0.3, -0.25) is 4.79 Å². The van der Waals surface area contributed by atoms with Gasteiger partial charge < -0.3 is 15.4 Å². The molecule has 3 N–H and O–H groups in total. The normalized spacial score (nSPS) is 17.5. The van der Waals surface area contributed by atoms with Gasteiger partial charge in [-0.25, -0.2) is 4.79 Å². The van der Waals surface area contributed by atoms with Crippen molar-refractivity contribution in [2.24, 2.45) is 5.92 Å². The molecule has 4 rings (SSSR count). The summed E-state index contributed by atoms with van der Waals surface area (Å²) in [5, 5.41) is 13.5. The van der Waals surface area contributed by atoms with E-state index in [4.69, 9.17) is 0 Å². The lowest BCUT2D eigenvalue weighted by molar-refractivity contribution is -0.142. The second-order valence-corrected chi connectivity index (χ2v) is 9.02. The summed E-state index contributed by atoms with van der Waals surface area (Å²) in [6.07, 6.45) is 3.81. The van der Waals surface area contributed by atoms with Crippen molar-refractivity contribution in [2.45, 2.75) is 31.2 Å². The number of aryl methyl sites for hydroxylation is 1. The molecule has 3 aromatic rings. The van der Waals surface area contributed by atoms with Crippen LogP contribution in [0.3, 0.4) is 0 Å². The standard InChI is InChI=1S/C23H23BrN2O3S/c24-15-6-8-16-13(9-15)5-7-18(16)19(12-30)22(27)26-21(23(28)29)10-14-11-25-20-4-2-1-3-17(14)20/h1-4,6,8-9,11,18-19,21,25,30H,5,7,10,12H2,(H,26,27)(H,28,29)/t18-,19-,21-/m0/s1. The molecule has 1 aliphatic rings. The van der Waals surface area contributed by atoms with E-state index in [0.717, 1.165) is 39.3 Å². The predicted octanol–water partition coefficient (Wildman–Crippen LogP) is 4.32. The van der Waals surface area contributed by atoms with Crippen molar-refractivity contribution in [3.63, 3.8) is 0 Å². The number of thiol groups is 1. The molecule has 0 aliphatic heterocycles. The molecule has 0 spiro atoms. The molecular weight excluding hydrogens is 464 g/mol. The average Bonchev–Trinajstić information content (AvgIpc) is 3.32. The maximum absolute atomic E-state index is 13.1. The molecule has 30 heavy (non-hydrogen) atoms. The number of carboxylic acid groups (broad SMARTS) is 1. The molecule has 156 valence electrons. The summed E-state index contributed by atoms with van der Waals surface area (Å²) >= 11 is 7.93. The highest BCUT2D eigenvalue weighted by Crippen LogP contribution is 2.40. The van der Waals surface area contributed by atoms with Gasteiger partial charge in [-0.2, -0.15) is 12.6 Å². The highest BCUT2D eigenvalue weighted by Gasteiger charge is 2.35. The summed E-state index contributed by atoms with van der Waals surface area (Å²) in [6.45, 7) is 0. The number of nitrogens with one attached hydrogen (secondary N) is 2. The Labute approximate surface area is 188 Å². The summed E-state index contributed by atoms with van der Waals surface area (Å²) in [5.74, 6) is -1.25. The minimum Gasteiger partial charge on any atom is -0.480 e. The van der Waals surface area contributed by atoms with Crippen LogP contribution in [0.25, 0.3) is 10.9 Å². The predicted molar refractivity (Wildman–Crippen MR) is 124 cm³/mol. The maximum Gasteiger partial charge on any atom is 0.326 e. The zero-order chi connectivity index (χ0) is 21.3. The van der Waals surface area contributed by atoms with E-state index in [9.17, 15) is 14.7 Å². The number of aromatic nitrogens is 1. The number of fused-ring (bicyclic) bond motifs is 2. The Hall–Kier alpha value is -2.25. The number of aliphatic carboxylic acids is 1. The number of hydrogen-bond acceptors (Lipinski definition) is 3. The van der Waals surface area contributed by atoms with E-state index in [-0.39, 0.29) is 24.2 Å². The zero-order valence-corrected chi connectivity index (χ0v) is 18.7. The molecule has 0 fully saturated rings. The monoisotopic (exact) mass is 486 g/mol. The van der Waals surface area contributed by atoms with Crippen molar-refractivity contribution in [3.8, 4) is 0 Å². The van der Waals surface area contributed by atoms with Gasteiger partial charge in [0.1, 0.15) is 6.04 Å². The second-order valence-electron chi connectivity index (χ2n) is 7.74. The highest BCUT2D eigenvalue weighted by atomic mass is 79.9. The van der Waals surface area contributed by atoms with Crippen LogP contribution in [0.5, 0.6) is 0 Å². The van der Waals surface area contributed by atoms with Crippen LogP contribution in [0.4, 0.5) is 0 Å². The third-order valence-corrected chi connectivity index (χ3v) is 6.85. The summed E-state index contributed by atoms with van der Waals surface area (Å²) < 4.78 is 1.03. The lowest BCUT2D eigenvalue weighted by Gasteiger charge is -2.24. The van der Waals surface area contributed by atoms with Crippen molar-refractivity contribution < 1.29 is 14.7 Å². The van der Waals surface area contributed by atoms with Crippen LogP contribution >= 0.6 is 28.6 Å². The van der Waals surface area contributed by atoms with Crippen LogP contribution < -0.4 is 5.32 Å². The number of halogens is 1. The van der Waals surface area contributed by atoms with E-state index in [1.54, 1.807) is 0 Å². The summed E-state index contributed by atoms with van der Waals surface area (Å²) in [6, 6.07) is 12.9. The Kier molecular flexibility index (Phi) is 6.20. The van der Waals surface area contributed by atoms with Gasteiger partial charge in [0, 0.05) is 33.7 Å². The van der Waals surface area contributed by atoms with Crippen molar-refractivity contribution in [1.29, 1.82) is 0 Å². The fraction of sp³-hybridized carbons (Fsp3) is 0.304. The molecule has 2 aromatic carbocycles. The molecule has 0 unspecified atom stereocenters. The first-order chi connectivity index (χ1) is 14.5. The molecule has 0 saturated carbocycles. The number of amides is 1. The van der Waals surface area contributed by atoms with Crippen LogP contribution in [0.2, 0.25) is 0 Å². The SMILES string of the molecule is O=C(O)[C@H](Cc1c[nH]c2ccccc12)NC(=O)[C@@H](CS)[C@H]1CCc2cc(Br)ccc21. The lowest BCUT2D eigenvalue weighted by Crippen LogP contribution is -2.46. The van der Waals surface area contributed by atoms with Crippen molar-refractivity contribution in [2.75, 3.05) is 5.75 Å². The number of benzene rings is 2. The largest absolute Gasteiger partial charge is 0.480 e. The summed E-state index contributed by atoms with van der Waals surface area (Å²) in [7, 11) is 0. The van der Waals surface area contributed by atoms with Gasteiger partial charge in [0.05, 0.1) is 5.92 Å². The smallest absolute Gasteiger partial charge is 0.326 e. The first-order valence-electron chi connectivity index (χ1n) is 9.95. The van der Waals surface area contributed by atoms with Gasteiger partial charge in [0.25, 0.3) is 0 Å². The molecule has 1 amide bonds. The van der Waals surface area contributed by atoms with Gasteiger partial charge in [-0.15, -0.1) is 0 Å². The topological polar surface area (TPSA) is 82.2 Å². The molecule has 1 aromatic heterocycles.